The van der Waals surface area contributed by atoms with E-state index in [0.29, 0.717) is 29.6 Å². The third-order valence-corrected chi connectivity index (χ3v) is 7.86. The van der Waals surface area contributed by atoms with Crippen LogP contribution in [0.5, 0.6) is 0 Å². The number of halogens is 2. The quantitative estimate of drug-likeness (QED) is 0.321. The van der Waals surface area contributed by atoms with Gasteiger partial charge in [-0.15, -0.1) is 5.10 Å². The molecular formula is C24H17F2N7O4S. The number of anilines is 1. The minimum Gasteiger partial charge on any atom is -0.476 e. The van der Waals surface area contributed by atoms with Gasteiger partial charge in [-0.1, -0.05) is 5.21 Å². The van der Waals surface area contributed by atoms with Gasteiger partial charge in [0.1, 0.15) is 29.6 Å². The monoisotopic (exact) mass is 537 g/mol. The zero-order valence-electron chi connectivity index (χ0n) is 19.3. The minimum absolute atomic E-state index is 0.0181. The maximum Gasteiger partial charge on any atom is 0.358 e. The normalized spacial score (nSPS) is 13.6. The molecule has 1 saturated carbocycles. The highest BCUT2D eigenvalue weighted by Crippen LogP contribution is 2.32. The Morgan fingerprint density at radius 3 is 2.61 bits per heavy atom. The highest BCUT2D eigenvalue weighted by Gasteiger charge is 2.36. The van der Waals surface area contributed by atoms with Gasteiger partial charge in [0.2, 0.25) is 10.0 Å². The molecule has 0 bridgehead atoms. The van der Waals surface area contributed by atoms with Crippen molar-refractivity contribution < 1.29 is 27.1 Å². The molecule has 1 fully saturated rings. The Kier molecular flexibility index (Phi) is 5.41. The summed E-state index contributed by atoms with van der Waals surface area (Å²) in [6.45, 7) is 0. The van der Waals surface area contributed by atoms with Crippen molar-refractivity contribution in [3.63, 3.8) is 0 Å². The lowest BCUT2D eigenvalue weighted by molar-refractivity contribution is 0.0690. The smallest absolute Gasteiger partial charge is 0.358 e. The van der Waals surface area contributed by atoms with Crippen molar-refractivity contribution in [3.8, 4) is 22.6 Å². The predicted octanol–water partition coefficient (Wildman–Crippen LogP) is 3.55. The van der Waals surface area contributed by atoms with Gasteiger partial charge >= 0.3 is 5.97 Å². The third kappa shape index (κ3) is 4.34. The number of imidazole rings is 1. The van der Waals surface area contributed by atoms with Gasteiger partial charge < -0.3 is 5.11 Å². The van der Waals surface area contributed by atoms with Gasteiger partial charge in [-0.25, -0.2) is 36.6 Å². The molecular weight excluding hydrogens is 520 g/mol. The molecule has 2 aromatic carbocycles. The zero-order chi connectivity index (χ0) is 26.6. The maximum atomic E-state index is 14.7. The molecule has 2 N–H and O–H groups in total. The molecule has 192 valence electrons. The van der Waals surface area contributed by atoms with Gasteiger partial charge in [0.15, 0.2) is 5.69 Å². The number of carboxylic acids is 1. The average molecular weight is 538 g/mol. The molecule has 6 rings (SSSR count). The van der Waals surface area contributed by atoms with Gasteiger partial charge in [0, 0.05) is 11.6 Å². The highest BCUT2D eigenvalue weighted by atomic mass is 32.2. The van der Waals surface area contributed by atoms with Crippen LogP contribution in [0.1, 0.15) is 23.3 Å². The van der Waals surface area contributed by atoms with Crippen LogP contribution in [0.2, 0.25) is 0 Å². The van der Waals surface area contributed by atoms with E-state index in [4.69, 9.17) is 5.11 Å². The first-order valence-electron chi connectivity index (χ1n) is 11.3. The third-order valence-electron chi connectivity index (χ3n) is 6.02. The molecule has 3 heterocycles. The summed E-state index contributed by atoms with van der Waals surface area (Å²) in [6.07, 6.45) is 3.82. The second-order valence-corrected chi connectivity index (χ2v) is 10.7. The van der Waals surface area contributed by atoms with Gasteiger partial charge in [-0.05, 0) is 60.9 Å². The molecule has 0 amide bonds. The predicted molar refractivity (Wildman–Crippen MR) is 132 cm³/mol. The highest BCUT2D eigenvalue weighted by molar-refractivity contribution is 7.93. The number of carbonyl (C=O) groups is 1. The van der Waals surface area contributed by atoms with Crippen LogP contribution in [-0.2, 0) is 10.0 Å². The molecule has 14 heteroatoms. The number of rotatable bonds is 7. The number of pyridine rings is 1. The second kappa shape index (κ2) is 8.69. The lowest BCUT2D eigenvalue weighted by Crippen LogP contribution is -2.18. The van der Waals surface area contributed by atoms with Crippen molar-refractivity contribution in [2.24, 2.45) is 0 Å². The summed E-state index contributed by atoms with van der Waals surface area (Å²) in [5, 5.41) is 16.0. The summed E-state index contributed by atoms with van der Waals surface area (Å²) in [5.74, 6) is -2.54. The van der Waals surface area contributed by atoms with E-state index in [1.165, 1.54) is 35.4 Å². The van der Waals surface area contributed by atoms with Crippen molar-refractivity contribution in [3.05, 3.63) is 78.4 Å². The van der Waals surface area contributed by atoms with E-state index in [1.807, 2.05) is 0 Å². The van der Waals surface area contributed by atoms with Crippen molar-refractivity contribution in [1.29, 1.82) is 0 Å². The molecule has 1 aliphatic rings. The molecule has 0 unspecified atom stereocenters. The average Bonchev–Trinajstić information content (AvgIpc) is 3.47. The first-order valence-corrected chi connectivity index (χ1v) is 12.9. The van der Waals surface area contributed by atoms with Gasteiger partial charge in [0.25, 0.3) is 0 Å². The fraction of sp³-hybridized carbons (Fsp3) is 0.125. The number of aromatic nitrogens is 6. The Hall–Kier alpha value is -4.72. The van der Waals surface area contributed by atoms with Crippen molar-refractivity contribution in [2.75, 3.05) is 4.72 Å². The van der Waals surface area contributed by atoms with E-state index in [-0.39, 0.29) is 28.5 Å². The Morgan fingerprint density at radius 2 is 1.89 bits per heavy atom. The molecule has 0 atom stereocenters. The van der Waals surface area contributed by atoms with E-state index in [2.05, 4.69) is 25.0 Å². The van der Waals surface area contributed by atoms with Crippen LogP contribution in [0.15, 0.2) is 61.1 Å². The Balaban J connectivity index is 1.45. The summed E-state index contributed by atoms with van der Waals surface area (Å²) >= 11 is 0. The van der Waals surface area contributed by atoms with E-state index in [0.717, 1.165) is 12.1 Å². The number of sulfonamides is 1. The SMILES string of the molecule is O=C(O)c1cn(-c2ccc3c(c2)ncn3-c2cc(-c3ccc(F)cc3F)cc(NS(=O)(=O)C3CC3)n2)nn1. The minimum atomic E-state index is -3.67. The van der Waals surface area contributed by atoms with Crippen LogP contribution in [-0.4, -0.2) is 54.3 Å². The zero-order valence-corrected chi connectivity index (χ0v) is 20.1. The summed E-state index contributed by atoms with van der Waals surface area (Å²) in [4.78, 5) is 19.9. The van der Waals surface area contributed by atoms with E-state index in [1.54, 1.807) is 22.8 Å². The van der Waals surface area contributed by atoms with E-state index in [9.17, 15) is 22.0 Å². The largest absolute Gasteiger partial charge is 0.476 e. The molecule has 0 saturated heterocycles. The molecule has 0 spiro atoms. The first-order chi connectivity index (χ1) is 18.2. The lowest BCUT2D eigenvalue weighted by Gasteiger charge is -2.13. The Bertz CT molecular complexity index is 1850. The van der Waals surface area contributed by atoms with Crippen LogP contribution in [0, 0.1) is 11.6 Å². The number of hydrogen-bond acceptors (Lipinski definition) is 7. The van der Waals surface area contributed by atoms with E-state index >= 15 is 0 Å². The molecule has 3 aromatic heterocycles. The maximum absolute atomic E-state index is 14.7. The van der Waals surface area contributed by atoms with Crippen LogP contribution in [0.3, 0.4) is 0 Å². The Morgan fingerprint density at radius 1 is 1.08 bits per heavy atom. The summed E-state index contributed by atoms with van der Waals surface area (Å²) in [5.41, 5.74) is 1.71. The van der Waals surface area contributed by atoms with Gasteiger partial charge in [0.05, 0.1) is 28.2 Å². The Labute approximate surface area is 213 Å². The van der Waals surface area contributed by atoms with E-state index < -0.39 is 32.9 Å². The number of aromatic carboxylic acids is 1. The summed E-state index contributed by atoms with van der Waals surface area (Å²) in [7, 11) is -3.67. The van der Waals surface area contributed by atoms with Crippen LogP contribution < -0.4 is 4.72 Å². The second-order valence-electron chi connectivity index (χ2n) is 8.71. The van der Waals surface area contributed by atoms with Crippen LogP contribution >= 0.6 is 0 Å². The number of nitrogens with zero attached hydrogens (tertiary/aromatic N) is 6. The number of benzene rings is 2. The molecule has 38 heavy (non-hydrogen) atoms. The summed E-state index contributed by atoms with van der Waals surface area (Å²) < 4.78 is 58.8. The number of nitrogens with one attached hydrogen (secondary N) is 1. The lowest BCUT2D eigenvalue weighted by atomic mass is 10.1. The van der Waals surface area contributed by atoms with Gasteiger partial charge in [-0.2, -0.15) is 0 Å². The molecule has 5 aromatic rings. The standard InChI is InChI=1S/C24H17F2N7O4S/c25-14-1-5-17(18(26)9-14)13-7-22(30-38(36,37)16-3-4-16)28-23(8-13)32-12-27-19-10-15(2-6-21(19)32)33-11-20(24(34)35)29-31-33/h1-2,5-12,16H,3-4H2,(H,28,30)(H,34,35). The number of fused-ring (bicyclic) bond motifs is 1. The fourth-order valence-electron chi connectivity index (χ4n) is 3.99. The number of hydrogen-bond donors (Lipinski definition) is 2. The molecule has 1 aliphatic carbocycles. The van der Waals surface area contributed by atoms with Crippen molar-refractivity contribution >= 4 is 32.8 Å². The molecule has 11 nitrogen and oxygen atoms in total. The first kappa shape index (κ1) is 23.7. The van der Waals surface area contributed by atoms with Crippen molar-refractivity contribution in [1.82, 2.24) is 29.5 Å². The summed E-state index contributed by atoms with van der Waals surface area (Å²) in [6, 6.07) is 11.1. The fourth-order valence-corrected chi connectivity index (χ4v) is 5.31. The van der Waals surface area contributed by atoms with Crippen molar-refractivity contribution in [2.45, 2.75) is 18.1 Å². The molecule has 0 radical (unpaired) electrons. The molecule has 0 aliphatic heterocycles. The van der Waals surface area contributed by atoms with Gasteiger partial charge in [-0.3, -0.25) is 9.29 Å². The van der Waals surface area contributed by atoms with Crippen LogP contribution in [0.25, 0.3) is 33.7 Å². The topological polar surface area (TPSA) is 145 Å². The van der Waals surface area contributed by atoms with Crippen LogP contribution in [0.4, 0.5) is 14.6 Å². The number of carboxylic acid groups (broad SMARTS) is 1.